The minimum absolute atomic E-state index is 0. The lowest BCUT2D eigenvalue weighted by atomic mass is 9.96. The van der Waals surface area contributed by atoms with Crippen LogP contribution in [0.15, 0.2) is 24.4 Å². The van der Waals surface area contributed by atoms with Crippen molar-refractivity contribution >= 4 is 24.2 Å². The second-order valence-electron chi connectivity index (χ2n) is 6.69. The lowest BCUT2D eigenvalue weighted by molar-refractivity contribution is -0.135. The van der Waals surface area contributed by atoms with E-state index in [1.807, 2.05) is 0 Å². The summed E-state index contributed by atoms with van der Waals surface area (Å²) < 4.78 is 26.4. The molecule has 26 heavy (non-hydrogen) atoms. The van der Waals surface area contributed by atoms with Crippen LogP contribution in [0.4, 0.5) is 8.78 Å². The third-order valence-electron chi connectivity index (χ3n) is 4.78. The van der Waals surface area contributed by atoms with Gasteiger partial charge in [-0.25, -0.2) is 8.78 Å². The molecule has 144 valence electrons. The van der Waals surface area contributed by atoms with Crippen LogP contribution in [0.5, 0.6) is 0 Å². The maximum atomic E-state index is 13.2. The summed E-state index contributed by atoms with van der Waals surface area (Å²) in [6.45, 7) is 1.16. The van der Waals surface area contributed by atoms with Crippen LogP contribution in [-0.4, -0.2) is 59.8 Å². The number of hydrogen-bond donors (Lipinski definition) is 2. The number of aromatic nitrogens is 1. The molecule has 2 fully saturated rings. The molecular weight excluding hydrogens is 366 g/mol. The predicted molar refractivity (Wildman–Crippen MR) is 94.5 cm³/mol. The average Bonchev–Trinajstić information content (AvgIpc) is 3.00. The molecule has 1 unspecified atom stereocenters. The molecule has 0 aromatic carbocycles. The molecule has 3 rings (SSSR count). The molecule has 1 atom stereocenters. The van der Waals surface area contributed by atoms with E-state index in [9.17, 15) is 18.4 Å². The summed E-state index contributed by atoms with van der Waals surface area (Å²) in [5, 5.41) is 5.47. The Balaban J connectivity index is 0.00000243. The van der Waals surface area contributed by atoms with E-state index in [-0.39, 0.29) is 30.1 Å². The smallest absolute Gasteiger partial charge is 0.269 e. The van der Waals surface area contributed by atoms with Crippen LogP contribution >= 0.6 is 12.4 Å². The highest BCUT2D eigenvalue weighted by Gasteiger charge is 2.43. The van der Waals surface area contributed by atoms with Gasteiger partial charge in [-0.1, -0.05) is 6.07 Å². The second-order valence-corrected chi connectivity index (χ2v) is 6.69. The van der Waals surface area contributed by atoms with Gasteiger partial charge in [-0.2, -0.15) is 0 Å². The average molecular weight is 389 g/mol. The fraction of sp³-hybridized carbons (Fsp3) is 0.588. The monoisotopic (exact) mass is 388 g/mol. The van der Waals surface area contributed by atoms with E-state index in [2.05, 4.69) is 15.6 Å². The van der Waals surface area contributed by atoms with Crippen molar-refractivity contribution in [1.29, 1.82) is 0 Å². The fourth-order valence-electron chi connectivity index (χ4n) is 3.29. The topological polar surface area (TPSA) is 74.3 Å². The Morgan fingerprint density at radius 1 is 1.31 bits per heavy atom. The van der Waals surface area contributed by atoms with Gasteiger partial charge in [0.1, 0.15) is 5.69 Å². The molecule has 1 aromatic rings. The van der Waals surface area contributed by atoms with Gasteiger partial charge in [0.25, 0.3) is 11.8 Å². The largest absolute Gasteiger partial charge is 0.350 e. The molecule has 6 nitrogen and oxygen atoms in total. The Kier molecular flexibility index (Phi) is 6.88. The minimum Gasteiger partial charge on any atom is -0.350 e. The normalized spacial score (nSPS) is 22.5. The van der Waals surface area contributed by atoms with Crippen LogP contribution in [0.1, 0.15) is 29.8 Å². The Labute approximate surface area is 157 Å². The maximum Gasteiger partial charge on any atom is 0.269 e. The van der Waals surface area contributed by atoms with Gasteiger partial charge in [0.05, 0.1) is 12.6 Å². The summed E-state index contributed by atoms with van der Waals surface area (Å²) in [4.78, 5) is 29.9. The Hall–Kier alpha value is -1.80. The summed E-state index contributed by atoms with van der Waals surface area (Å²) in [6, 6.07) is 4.38. The Bertz CT molecular complexity index is 624. The van der Waals surface area contributed by atoms with Crippen LogP contribution < -0.4 is 10.6 Å². The van der Waals surface area contributed by atoms with Crippen molar-refractivity contribution in [2.45, 2.75) is 31.2 Å². The van der Waals surface area contributed by atoms with Gasteiger partial charge in [-0.15, -0.1) is 12.4 Å². The molecule has 2 saturated heterocycles. The molecule has 2 amide bonds. The van der Waals surface area contributed by atoms with E-state index < -0.39 is 24.9 Å². The van der Waals surface area contributed by atoms with Gasteiger partial charge in [0, 0.05) is 32.3 Å². The van der Waals surface area contributed by atoms with E-state index in [0.29, 0.717) is 25.3 Å². The summed E-state index contributed by atoms with van der Waals surface area (Å²) in [5.74, 6) is -2.98. The number of alkyl halides is 2. The summed E-state index contributed by atoms with van der Waals surface area (Å²) in [5.41, 5.74) is 0.378. The molecule has 9 heteroatoms. The van der Waals surface area contributed by atoms with Crippen LogP contribution in [0.2, 0.25) is 0 Å². The number of likely N-dealkylation sites (tertiary alicyclic amines) is 1. The molecule has 2 N–H and O–H groups in total. The highest BCUT2D eigenvalue weighted by Crippen LogP contribution is 2.27. The molecule has 3 heterocycles. The zero-order chi connectivity index (χ0) is 17.9. The first-order chi connectivity index (χ1) is 11.9. The molecule has 0 radical (unpaired) electrons. The Morgan fingerprint density at radius 2 is 2.04 bits per heavy atom. The standard InChI is InChI=1S/C17H22F2N4O2.ClH/c18-17(19)9-14(22-11-17)16(25)23-7-4-12(5-8-23)10-21-15(24)13-3-1-2-6-20-13;/h1-3,6,12,14,22H,4-5,7-11H2,(H,21,24);1H. The number of carbonyl (C=O) groups is 2. The van der Waals surface area contributed by atoms with Crippen molar-refractivity contribution < 1.29 is 18.4 Å². The van der Waals surface area contributed by atoms with Gasteiger partial charge in [-0.3, -0.25) is 19.9 Å². The zero-order valence-corrected chi connectivity index (χ0v) is 15.1. The number of hydrogen-bond acceptors (Lipinski definition) is 4. The number of pyridine rings is 1. The third kappa shape index (κ3) is 5.11. The number of rotatable bonds is 4. The number of nitrogens with one attached hydrogen (secondary N) is 2. The lowest BCUT2D eigenvalue weighted by Gasteiger charge is -2.33. The fourth-order valence-corrected chi connectivity index (χ4v) is 3.29. The van der Waals surface area contributed by atoms with Crippen molar-refractivity contribution in [1.82, 2.24) is 20.5 Å². The number of halogens is 3. The van der Waals surface area contributed by atoms with E-state index in [1.54, 1.807) is 29.3 Å². The van der Waals surface area contributed by atoms with E-state index in [4.69, 9.17) is 0 Å². The third-order valence-corrected chi connectivity index (χ3v) is 4.78. The molecule has 2 aliphatic heterocycles. The molecule has 0 spiro atoms. The molecule has 1 aromatic heterocycles. The molecule has 0 bridgehead atoms. The van der Waals surface area contributed by atoms with Gasteiger partial charge in [-0.05, 0) is 30.9 Å². The quantitative estimate of drug-likeness (QED) is 0.819. The van der Waals surface area contributed by atoms with Crippen molar-refractivity contribution in [2.75, 3.05) is 26.2 Å². The van der Waals surface area contributed by atoms with Crippen molar-refractivity contribution in [3.8, 4) is 0 Å². The van der Waals surface area contributed by atoms with E-state index in [0.717, 1.165) is 12.8 Å². The molecule has 0 saturated carbocycles. The van der Waals surface area contributed by atoms with E-state index >= 15 is 0 Å². The van der Waals surface area contributed by atoms with Gasteiger partial charge < -0.3 is 10.2 Å². The van der Waals surface area contributed by atoms with Crippen LogP contribution in [-0.2, 0) is 4.79 Å². The number of nitrogens with zero attached hydrogens (tertiary/aromatic N) is 2. The molecule has 0 aliphatic carbocycles. The first-order valence-electron chi connectivity index (χ1n) is 8.54. The van der Waals surface area contributed by atoms with Crippen molar-refractivity contribution in [2.24, 2.45) is 5.92 Å². The van der Waals surface area contributed by atoms with Crippen molar-refractivity contribution in [3.05, 3.63) is 30.1 Å². The van der Waals surface area contributed by atoms with E-state index in [1.165, 1.54) is 0 Å². The SMILES string of the molecule is Cl.O=C(NCC1CCN(C(=O)C2CC(F)(F)CN2)CC1)c1ccccn1. The lowest BCUT2D eigenvalue weighted by Crippen LogP contribution is -2.48. The van der Waals surface area contributed by atoms with Crippen LogP contribution in [0, 0.1) is 5.92 Å². The highest BCUT2D eigenvalue weighted by molar-refractivity contribution is 5.92. The maximum absolute atomic E-state index is 13.2. The number of amides is 2. The number of carbonyl (C=O) groups excluding carboxylic acids is 2. The first-order valence-corrected chi connectivity index (χ1v) is 8.54. The number of piperidine rings is 1. The summed E-state index contributed by atoms with van der Waals surface area (Å²) >= 11 is 0. The zero-order valence-electron chi connectivity index (χ0n) is 14.3. The summed E-state index contributed by atoms with van der Waals surface area (Å²) in [7, 11) is 0. The van der Waals surface area contributed by atoms with Gasteiger partial charge in [0.15, 0.2) is 0 Å². The van der Waals surface area contributed by atoms with Crippen LogP contribution in [0.25, 0.3) is 0 Å². The van der Waals surface area contributed by atoms with Gasteiger partial charge in [0.2, 0.25) is 5.91 Å². The predicted octanol–water partition coefficient (Wildman–Crippen LogP) is 1.47. The summed E-state index contributed by atoms with van der Waals surface area (Å²) in [6.07, 6.45) is 2.64. The van der Waals surface area contributed by atoms with Crippen molar-refractivity contribution in [3.63, 3.8) is 0 Å². The highest BCUT2D eigenvalue weighted by atomic mass is 35.5. The Morgan fingerprint density at radius 3 is 2.62 bits per heavy atom. The van der Waals surface area contributed by atoms with Crippen LogP contribution in [0.3, 0.4) is 0 Å². The molecular formula is C17H23ClF2N4O2. The minimum atomic E-state index is -2.80. The first kappa shape index (κ1) is 20.5. The molecule has 2 aliphatic rings. The van der Waals surface area contributed by atoms with Gasteiger partial charge >= 0.3 is 0 Å². The second kappa shape index (κ2) is 8.73.